The molecule has 1 N–H and O–H groups in total. The van der Waals surface area contributed by atoms with Crippen LogP contribution in [-0.2, 0) is 0 Å². The van der Waals surface area contributed by atoms with Crippen LogP contribution in [0.25, 0.3) is 0 Å². The van der Waals surface area contributed by atoms with E-state index >= 15 is 0 Å². The summed E-state index contributed by atoms with van der Waals surface area (Å²) in [5, 5.41) is 3.38. The number of carbonyl (C=O) groups is 1. The predicted octanol–water partition coefficient (Wildman–Crippen LogP) is 5.58. The van der Waals surface area contributed by atoms with E-state index in [4.69, 9.17) is 0 Å². The van der Waals surface area contributed by atoms with Gasteiger partial charge in [0.05, 0.1) is 0 Å². The molecule has 3 aliphatic rings. The van der Waals surface area contributed by atoms with Crippen LogP contribution in [-0.4, -0.2) is 18.9 Å². The number of hydrogen-bond donors (Lipinski definition) is 1. The Bertz CT molecular complexity index is 597. The van der Waals surface area contributed by atoms with Crippen LogP contribution in [0.4, 0.5) is 0 Å². The number of Topliss-reactive ketones (excluding diaryl/α,β-unsaturated/α-hetero) is 1. The van der Waals surface area contributed by atoms with Gasteiger partial charge in [0.15, 0.2) is 5.78 Å². The lowest BCUT2D eigenvalue weighted by atomic mass is 9.88. The van der Waals surface area contributed by atoms with Crippen LogP contribution in [0.5, 0.6) is 0 Å². The number of rotatable bonds is 7. The Balaban J connectivity index is 1.29. The molecule has 142 valence electrons. The maximum atomic E-state index is 12.6. The summed E-state index contributed by atoms with van der Waals surface area (Å²) in [6, 6.07) is 8.68. The highest BCUT2D eigenvalue weighted by atomic mass is 16.1. The molecular weight excluding hydrogens is 318 g/mol. The van der Waals surface area contributed by atoms with E-state index in [1.54, 1.807) is 0 Å². The number of piperidine rings is 1. The molecule has 1 aromatic carbocycles. The highest BCUT2D eigenvalue weighted by Gasteiger charge is 2.33. The first-order valence-electron chi connectivity index (χ1n) is 11.0. The molecule has 3 atom stereocenters. The Kier molecular flexibility index (Phi) is 5.78. The van der Waals surface area contributed by atoms with Gasteiger partial charge in [0.2, 0.25) is 0 Å². The molecule has 1 saturated heterocycles. The summed E-state index contributed by atoms with van der Waals surface area (Å²) >= 11 is 0. The van der Waals surface area contributed by atoms with Gasteiger partial charge in [0, 0.05) is 12.0 Å². The van der Waals surface area contributed by atoms with Gasteiger partial charge >= 0.3 is 0 Å². The maximum absolute atomic E-state index is 12.6. The molecule has 2 aliphatic carbocycles. The van der Waals surface area contributed by atoms with Gasteiger partial charge in [-0.2, -0.15) is 0 Å². The van der Waals surface area contributed by atoms with Crippen molar-refractivity contribution < 1.29 is 4.79 Å². The highest BCUT2D eigenvalue weighted by molar-refractivity contribution is 5.96. The van der Waals surface area contributed by atoms with Gasteiger partial charge < -0.3 is 5.32 Å². The summed E-state index contributed by atoms with van der Waals surface area (Å²) in [4.78, 5) is 12.6. The minimum Gasteiger partial charge on any atom is -0.317 e. The Morgan fingerprint density at radius 3 is 2.42 bits per heavy atom. The molecule has 1 aliphatic heterocycles. The molecule has 2 heteroatoms. The van der Waals surface area contributed by atoms with Gasteiger partial charge in [0.1, 0.15) is 0 Å². The largest absolute Gasteiger partial charge is 0.317 e. The fraction of sp³-hybridized carbons (Fsp3) is 0.708. The SMILES string of the molecule is C[C@@H](CC1CC[C@H](c2ccc(C(=O)CC3CCNCC3)cc2)C1)C1CC1. The molecule has 0 aromatic heterocycles. The van der Waals surface area contributed by atoms with Crippen LogP contribution < -0.4 is 5.32 Å². The van der Waals surface area contributed by atoms with Crippen LogP contribution >= 0.6 is 0 Å². The van der Waals surface area contributed by atoms with Crippen molar-refractivity contribution in [3.63, 3.8) is 0 Å². The summed E-state index contributed by atoms with van der Waals surface area (Å²) in [7, 11) is 0. The molecule has 2 saturated carbocycles. The van der Waals surface area contributed by atoms with E-state index in [0.717, 1.165) is 61.6 Å². The van der Waals surface area contributed by atoms with E-state index in [2.05, 4.69) is 36.5 Å². The van der Waals surface area contributed by atoms with E-state index in [9.17, 15) is 4.79 Å². The molecular formula is C24H35NO. The van der Waals surface area contributed by atoms with Crippen molar-refractivity contribution in [3.05, 3.63) is 35.4 Å². The molecule has 1 aromatic rings. The lowest BCUT2D eigenvalue weighted by molar-refractivity contribution is 0.0952. The number of nitrogens with one attached hydrogen (secondary N) is 1. The van der Waals surface area contributed by atoms with Crippen molar-refractivity contribution in [3.8, 4) is 0 Å². The average molecular weight is 354 g/mol. The summed E-state index contributed by atoms with van der Waals surface area (Å²) in [5.41, 5.74) is 2.38. The van der Waals surface area contributed by atoms with E-state index in [-0.39, 0.29) is 0 Å². The van der Waals surface area contributed by atoms with Crippen LogP contribution in [0.3, 0.4) is 0 Å². The Morgan fingerprint density at radius 2 is 1.73 bits per heavy atom. The minimum atomic E-state index is 0.339. The second-order valence-corrected chi connectivity index (χ2v) is 9.37. The van der Waals surface area contributed by atoms with E-state index in [0.29, 0.717) is 11.7 Å². The fourth-order valence-corrected chi connectivity index (χ4v) is 5.38. The van der Waals surface area contributed by atoms with Gasteiger partial charge in [-0.15, -0.1) is 0 Å². The number of carbonyl (C=O) groups excluding carboxylic acids is 1. The van der Waals surface area contributed by atoms with Crippen LogP contribution in [0.1, 0.15) is 86.6 Å². The van der Waals surface area contributed by atoms with Crippen molar-refractivity contribution in [2.45, 2.75) is 70.6 Å². The Labute approximate surface area is 159 Å². The molecule has 0 radical (unpaired) electrons. The van der Waals surface area contributed by atoms with E-state index < -0.39 is 0 Å². The summed E-state index contributed by atoms with van der Waals surface area (Å²) < 4.78 is 0. The van der Waals surface area contributed by atoms with Crippen molar-refractivity contribution in [2.75, 3.05) is 13.1 Å². The van der Waals surface area contributed by atoms with Crippen molar-refractivity contribution in [2.24, 2.45) is 23.7 Å². The lowest BCUT2D eigenvalue weighted by Crippen LogP contribution is -2.28. The lowest BCUT2D eigenvalue weighted by Gasteiger charge is -2.21. The second-order valence-electron chi connectivity index (χ2n) is 9.37. The molecule has 4 rings (SSSR count). The molecule has 0 spiro atoms. The zero-order valence-corrected chi connectivity index (χ0v) is 16.4. The molecule has 26 heavy (non-hydrogen) atoms. The number of ketones is 1. The summed E-state index contributed by atoms with van der Waals surface area (Å²) in [6.45, 7) is 4.60. The van der Waals surface area contributed by atoms with Crippen molar-refractivity contribution in [1.29, 1.82) is 0 Å². The highest BCUT2D eigenvalue weighted by Crippen LogP contribution is 2.45. The quantitative estimate of drug-likeness (QED) is 0.648. The summed E-state index contributed by atoms with van der Waals surface area (Å²) in [5.74, 6) is 4.54. The smallest absolute Gasteiger partial charge is 0.163 e. The molecule has 1 unspecified atom stereocenters. The van der Waals surface area contributed by atoms with Gasteiger partial charge in [-0.1, -0.05) is 31.2 Å². The zero-order chi connectivity index (χ0) is 17.9. The molecule has 3 fully saturated rings. The standard InChI is InChI=1S/C24H35NO/c1-17(20-4-5-20)14-19-2-3-23(15-19)21-6-8-22(9-7-21)24(26)16-18-10-12-25-13-11-18/h6-9,17-20,23,25H,2-5,10-16H2,1H3/t17-,19?,23-/m0/s1. The number of benzene rings is 1. The third-order valence-corrected chi connectivity index (χ3v) is 7.31. The van der Waals surface area contributed by atoms with Gasteiger partial charge in [-0.3, -0.25) is 4.79 Å². The second kappa shape index (κ2) is 8.25. The topological polar surface area (TPSA) is 29.1 Å². The van der Waals surface area contributed by atoms with Gasteiger partial charge in [0.25, 0.3) is 0 Å². The van der Waals surface area contributed by atoms with Crippen LogP contribution in [0.15, 0.2) is 24.3 Å². The maximum Gasteiger partial charge on any atom is 0.163 e. The third kappa shape index (κ3) is 4.57. The van der Waals surface area contributed by atoms with Crippen LogP contribution in [0, 0.1) is 23.7 Å². The first kappa shape index (κ1) is 18.2. The normalized spacial score (nSPS) is 28.2. The fourth-order valence-electron chi connectivity index (χ4n) is 5.38. The zero-order valence-electron chi connectivity index (χ0n) is 16.4. The van der Waals surface area contributed by atoms with Gasteiger partial charge in [-0.25, -0.2) is 0 Å². The summed E-state index contributed by atoms with van der Waals surface area (Å²) in [6.07, 6.45) is 11.5. The Hall–Kier alpha value is -1.15. The van der Waals surface area contributed by atoms with Crippen molar-refractivity contribution in [1.82, 2.24) is 5.32 Å². The minimum absolute atomic E-state index is 0.339. The van der Waals surface area contributed by atoms with E-state index in [1.165, 1.54) is 44.1 Å². The third-order valence-electron chi connectivity index (χ3n) is 7.31. The first-order valence-corrected chi connectivity index (χ1v) is 11.0. The van der Waals surface area contributed by atoms with Gasteiger partial charge in [-0.05, 0) is 99.6 Å². The Morgan fingerprint density at radius 1 is 1.00 bits per heavy atom. The van der Waals surface area contributed by atoms with E-state index in [1.807, 2.05) is 0 Å². The first-order chi connectivity index (χ1) is 12.7. The van der Waals surface area contributed by atoms with Crippen molar-refractivity contribution >= 4 is 5.78 Å². The predicted molar refractivity (Wildman–Crippen MR) is 108 cm³/mol. The average Bonchev–Trinajstić information content (AvgIpc) is 3.42. The molecule has 1 heterocycles. The van der Waals surface area contributed by atoms with Crippen LogP contribution in [0.2, 0.25) is 0 Å². The molecule has 0 bridgehead atoms. The molecule has 2 nitrogen and oxygen atoms in total. The monoisotopic (exact) mass is 353 g/mol. The number of hydrogen-bond acceptors (Lipinski definition) is 2. The molecule has 0 amide bonds.